The maximum atomic E-state index is 12.9. The summed E-state index contributed by atoms with van der Waals surface area (Å²) in [6, 6.07) is 21.7. The minimum Gasteiger partial charge on any atom is -0.466 e. The van der Waals surface area contributed by atoms with Crippen LogP contribution in [0, 0.1) is 0 Å². The average molecular weight is 487 g/mol. The number of fused-ring (bicyclic) bond motifs is 1. The number of nitrogens with one attached hydrogen (secondary N) is 1. The fraction of sp³-hybridized carbons (Fsp3) is 0.241. The third-order valence-electron chi connectivity index (χ3n) is 6.47. The van der Waals surface area contributed by atoms with Crippen molar-refractivity contribution in [3.8, 4) is 22.3 Å². The smallest absolute Gasteiger partial charge is 0.310 e. The molecule has 0 saturated carbocycles. The lowest BCUT2D eigenvalue weighted by molar-refractivity contribution is -0.142. The van der Waals surface area contributed by atoms with Crippen LogP contribution < -0.4 is 10.5 Å². The van der Waals surface area contributed by atoms with Gasteiger partial charge in [0.25, 0.3) is 5.56 Å². The first-order chi connectivity index (χ1) is 17.0. The third-order valence-corrected chi connectivity index (χ3v) is 6.79. The second-order valence-electron chi connectivity index (χ2n) is 8.85. The molecule has 1 aliphatic heterocycles. The van der Waals surface area contributed by atoms with E-state index in [0.717, 1.165) is 40.7 Å². The Kier molecular flexibility index (Phi) is 6.60. The van der Waals surface area contributed by atoms with Gasteiger partial charge in [0.2, 0.25) is 0 Å². The number of pyridine rings is 1. The van der Waals surface area contributed by atoms with Gasteiger partial charge in [-0.05, 0) is 72.2 Å². The number of ether oxygens (including phenoxy) is 1. The fourth-order valence-corrected chi connectivity index (χ4v) is 4.99. The van der Waals surface area contributed by atoms with Gasteiger partial charge in [-0.25, -0.2) is 0 Å². The molecule has 1 fully saturated rings. The molecule has 0 amide bonds. The van der Waals surface area contributed by atoms with Gasteiger partial charge in [0, 0.05) is 35.4 Å². The monoisotopic (exact) mass is 486 g/mol. The number of hydrogen-bond donors (Lipinski definition) is 1. The minimum atomic E-state index is -0.285. The summed E-state index contributed by atoms with van der Waals surface area (Å²) in [4.78, 5) is 30.2. The van der Waals surface area contributed by atoms with Crippen molar-refractivity contribution in [2.45, 2.75) is 26.2 Å². The normalized spacial score (nSPS) is 13.4. The zero-order valence-corrected chi connectivity index (χ0v) is 20.4. The first kappa shape index (κ1) is 23.2. The predicted molar refractivity (Wildman–Crippen MR) is 142 cm³/mol. The highest BCUT2D eigenvalue weighted by atomic mass is 35.5. The summed E-state index contributed by atoms with van der Waals surface area (Å²) in [5.41, 5.74) is 5.76. The number of esters is 1. The van der Waals surface area contributed by atoms with Crippen molar-refractivity contribution in [2.75, 3.05) is 24.6 Å². The zero-order chi connectivity index (χ0) is 24.4. The summed E-state index contributed by atoms with van der Waals surface area (Å²) in [5, 5.41) is 1.48. The van der Waals surface area contributed by atoms with Crippen molar-refractivity contribution < 1.29 is 9.53 Å². The molecule has 5 rings (SSSR count). The fourth-order valence-electron chi connectivity index (χ4n) is 4.72. The standard InChI is InChI=1S/C29H27ClN2O3/c1-2-35-28(33)15-19-6-5-7-21(14-19)25-17-22-16-24(26(30)18-27(22)31-29(25)34)20-8-10-23(11-9-20)32-12-3-4-13-32/h5-11,14,16-18H,2-4,12-13,15H2,1H3,(H,31,34). The lowest BCUT2D eigenvalue weighted by Crippen LogP contribution is -2.17. The third kappa shape index (κ3) is 4.96. The van der Waals surface area contributed by atoms with Gasteiger partial charge in [-0.3, -0.25) is 9.59 Å². The van der Waals surface area contributed by atoms with Gasteiger partial charge in [-0.2, -0.15) is 0 Å². The molecule has 1 N–H and O–H groups in total. The summed E-state index contributed by atoms with van der Waals surface area (Å²) in [7, 11) is 0. The van der Waals surface area contributed by atoms with Crippen LogP contribution >= 0.6 is 11.6 Å². The molecular formula is C29H27ClN2O3. The highest BCUT2D eigenvalue weighted by molar-refractivity contribution is 6.34. The van der Waals surface area contributed by atoms with E-state index in [0.29, 0.717) is 22.7 Å². The van der Waals surface area contributed by atoms with E-state index in [1.807, 2.05) is 42.5 Å². The van der Waals surface area contributed by atoms with Gasteiger partial charge in [0.05, 0.1) is 18.1 Å². The van der Waals surface area contributed by atoms with E-state index >= 15 is 0 Å². The number of halogens is 1. The van der Waals surface area contributed by atoms with Gasteiger partial charge in [-0.1, -0.05) is 48.0 Å². The van der Waals surface area contributed by atoms with E-state index in [1.165, 1.54) is 18.5 Å². The van der Waals surface area contributed by atoms with Crippen LogP contribution in [0.4, 0.5) is 5.69 Å². The topological polar surface area (TPSA) is 62.4 Å². The van der Waals surface area contributed by atoms with Crippen LogP contribution in [-0.4, -0.2) is 30.6 Å². The molecule has 0 bridgehead atoms. The predicted octanol–water partition coefficient (Wildman–Crippen LogP) is 6.22. The second-order valence-corrected chi connectivity index (χ2v) is 9.26. The minimum absolute atomic E-state index is 0.167. The number of aromatic nitrogens is 1. The average Bonchev–Trinajstić information content (AvgIpc) is 3.39. The van der Waals surface area contributed by atoms with Crippen molar-refractivity contribution >= 4 is 34.2 Å². The lowest BCUT2D eigenvalue weighted by Gasteiger charge is -2.18. The van der Waals surface area contributed by atoms with Crippen molar-refractivity contribution in [1.82, 2.24) is 4.98 Å². The number of carbonyl (C=O) groups is 1. The summed E-state index contributed by atoms with van der Waals surface area (Å²) in [5.74, 6) is -0.285. The molecule has 3 aromatic carbocycles. The molecular weight excluding hydrogens is 460 g/mol. The van der Waals surface area contributed by atoms with Crippen LogP contribution in [0.25, 0.3) is 33.2 Å². The molecule has 4 aromatic rings. The first-order valence-electron chi connectivity index (χ1n) is 12.0. The van der Waals surface area contributed by atoms with Gasteiger partial charge >= 0.3 is 5.97 Å². The Morgan fingerprint density at radius 3 is 2.46 bits per heavy atom. The first-order valence-corrected chi connectivity index (χ1v) is 12.4. The van der Waals surface area contributed by atoms with Gasteiger partial charge in [0.1, 0.15) is 0 Å². The van der Waals surface area contributed by atoms with E-state index < -0.39 is 0 Å². The summed E-state index contributed by atoms with van der Waals surface area (Å²) in [6.07, 6.45) is 2.65. The Morgan fingerprint density at radius 1 is 0.971 bits per heavy atom. The van der Waals surface area contributed by atoms with E-state index in [-0.39, 0.29) is 17.9 Å². The number of hydrogen-bond acceptors (Lipinski definition) is 4. The zero-order valence-electron chi connectivity index (χ0n) is 19.6. The molecule has 0 atom stereocenters. The molecule has 6 heteroatoms. The highest BCUT2D eigenvalue weighted by Gasteiger charge is 2.14. The lowest BCUT2D eigenvalue weighted by atomic mass is 9.99. The number of carbonyl (C=O) groups excluding carboxylic acids is 1. The van der Waals surface area contributed by atoms with Crippen molar-refractivity contribution in [3.63, 3.8) is 0 Å². The van der Waals surface area contributed by atoms with Crippen LogP contribution in [-0.2, 0) is 16.0 Å². The number of aromatic amines is 1. The molecule has 5 nitrogen and oxygen atoms in total. The molecule has 1 aromatic heterocycles. The van der Waals surface area contributed by atoms with Crippen molar-refractivity contribution in [2.24, 2.45) is 0 Å². The number of H-pyrrole nitrogens is 1. The Balaban J connectivity index is 1.50. The molecule has 0 aliphatic carbocycles. The molecule has 1 aliphatic rings. The largest absolute Gasteiger partial charge is 0.466 e. The molecule has 0 unspecified atom stereocenters. The number of nitrogens with zero attached hydrogens (tertiary/aromatic N) is 1. The van der Waals surface area contributed by atoms with E-state index in [4.69, 9.17) is 16.3 Å². The maximum absolute atomic E-state index is 12.9. The van der Waals surface area contributed by atoms with Gasteiger partial charge in [-0.15, -0.1) is 0 Å². The number of anilines is 1. The molecule has 178 valence electrons. The van der Waals surface area contributed by atoms with Crippen LogP contribution in [0.5, 0.6) is 0 Å². The molecule has 1 saturated heterocycles. The van der Waals surface area contributed by atoms with Crippen LogP contribution in [0.15, 0.2) is 71.5 Å². The van der Waals surface area contributed by atoms with Gasteiger partial charge < -0.3 is 14.6 Å². The Morgan fingerprint density at radius 2 is 1.71 bits per heavy atom. The van der Waals surface area contributed by atoms with Crippen LogP contribution in [0.1, 0.15) is 25.3 Å². The molecule has 0 radical (unpaired) electrons. The van der Waals surface area contributed by atoms with Gasteiger partial charge in [0.15, 0.2) is 0 Å². The summed E-state index contributed by atoms with van der Waals surface area (Å²) in [6.45, 7) is 4.33. The molecule has 35 heavy (non-hydrogen) atoms. The van der Waals surface area contributed by atoms with Crippen LogP contribution in [0.2, 0.25) is 5.02 Å². The van der Waals surface area contributed by atoms with E-state index in [2.05, 4.69) is 34.1 Å². The second kappa shape index (κ2) is 9.96. The Labute approximate surface area is 209 Å². The SMILES string of the molecule is CCOC(=O)Cc1cccc(-c2cc3cc(-c4ccc(N5CCCC5)cc4)c(Cl)cc3[nH]c2=O)c1. The van der Waals surface area contributed by atoms with E-state index in [9.17, 15) is 9.59 Å². The van der Waals surface area contributed by atoms with Crippen molar-refractivity contribution in [1.29, 1.82) is 0 Å². The van der Waals surface area contributed by atoms with E-state index in [1.54, 1.807) is 6.92 Å². The highest BCUT2D eigenvalue weighted by Crippen LogP contribution is 2.34. The van der Waals surface area contributed by atoms with Crippen molar-refractivity contribution in [3.05, 3.63) is 87.7 Å². The maximum Gasteiger partial charge on any atom is 0.310 e. The Bertz CT molecular complexity index is 1440. The summed E-state index contributed by atoms with van der Waals surface area (Å²) >= 11 is 6.63. The molecule has 2 heterocycles. The number of rotatable bonds is 6. The summed E-state index contributed by atoms with van der Waals surface area (Å²) < 4.78 is 5.05. The number of benzene rings is 3. The quantitative estimate of drug-likeness (QED) is 0.328. The Hall–Kier alpha value is -3.57. The molecule has 0 spiro atoms. The van der Waals surface area contributed by atoms with Crippen LogP contribution in [0.3, 0.4) is 0 Å².